The smallest absolute Gasteiger partial charge is 0.225 e. The summed E-state index contributed by atoms with van der Waals surface area (Å²) in [5, 5.41) is 18.5. The lowest BCUT2D eigenvalue weighted by Crippen LogP contribution is -2.39. The number of aliphatic hydroxyl groups is 2. The summed E-state index contributed by atoms with van der Waals surface area (Å²) in [6.45, 7) is 2.06. The first-order valence-corrected chi connectivity index (χ1v) is 5.61. The molecule has 1 atom stereocenters. The Kier molecular flexibility index (Phi) is 4.54. The SMILES string of the molecule is C[C@H](O)CN(C)C(=O)C1CCC(O)CC1. The van der Waals surface area contributed by atoms with Gasteiger partial charge in [0.15, 0.2) is 0 Å². The van der Waals surface area contributed by atoms with Crippen LogP contribution in [-0.2, 0) is 4.79 Å². The van der Waals surface area contributed by atoms with Gasteiger partial charge in [-0.3, -0.25) is 4.79 Å². The van der Waals surface area contributed by atoms with Crippen molar-refractivity contribution in [3.05, 3.63) is 0 Å². The third kappa shape index (κ3) is 3.80. The number of hydrogen-bond acceptors (Lipinski definition) is 3. The molecular formula is C11H21NO3. The van der Waals surface area contributed by atoms with Crippen LogP contribution < -0.4 is 0 Å². The second kappa shape index (κ2) is 5.47. The van der Waals surface area contributed by atoms with Crippen LogP contribution in [0.15, 0.2) is 0 Å². The van der Waals surface area contributed by atoms with E-state index < -0.39 is 6.10 Å². The largest absolute Gasteiger partial charge is 0.393 e. The molecule has 0 radical (unpaired) electrons. The van der Waals surface area contributed by atoms with Gasteiger partial charge in [-0.05, 0) is 32.6 Å². The van der Waals surface area contributed by atoms with Crippen molar-refractivity contribution in [3.63, 3.8) is 0 Å². The van der Waals surface area contributed by atoms with Crippen LogP contribution in [0.25, 0.3) is 0 Å². The summed E-state index contributed by atoms with van der Waals surface area (Å²) in [6.07, 6.45) is 2.27. The molecule has 4 heteroatoms. The second-order valence-electron chi connectivity index (χ2n) is 4.57. The van der Waals surface area contributed by atoms with Gasteiger partial charge in [0.2, 0.25) is 5.91 Å². The Hall–Kier alpha value is -0.610. The number of likely N-dealkylation sites (N-methyl/N-ethyl adjacent to an activating group) is 1. The first-order valence-electron chi connectivity index (χ1n) is 5.61. The van der Waals surface area contributed by atoms with E-state index in [4.69, 9.17) is 0 Å². The summed E-state index contributed by atoms with van der Waals surface area (Å²) in [7, 11) is 1.72. The van der Waals surface area contributed by atoms with Crippen molar-refractivity contribution in [1.82, 2.24) is 4.90 Å². The highest BCUT2D eigenvalue weighted by Crippen LogP contribution is 2.25. The molecule has 1 amide bonds. The Balaban J connectivity index is 2.39. The van der Waals surface area contributed by atoms with Gasteiger partial charge in [0.25, 0.3) is 0 Å². The first kappa shape index (κ1) is 12.5. The van der Waals surface area contributed by atoms with Crippen LogP contribution in [0.4, 0.5) is 0 Å². The maximum Gasteiger partial charge on any atom is 0.225 e. The van der Waals surface area contributed by atoms with Crippen molar-refractivity contribution < 1.29 is 15.0 Å². The molecule has 0 bridgehead atoms. The van der Waals surface area contributed by atoms with Crippen LogP contribution >= 0.6 is 0 Å². The molecule has 0 spiro atoms. The minimum atomic E-state index is -0.479. The lowest BCUT2D eigenvalue weighted by atomic mass is 9.86. The normalized spacial score (nSPS) is 28.5. The average Bonchev–Trinajstić information content (AvgIpc) is 2.17. The van der Waals surface area contributed by atoms with Gasteiger partial charge in [-0.1, -0.05) is 0 Å². The average molecular weight is 215 g/mol. The topological polar surface area (TPSA) is 60.8 Å². The number of carbonyl (C=O) groups excluding carboxylic acids is 1. The standard InChI is InChI=1S/C11H21NO3/c1-8(13)7-12(2)11(15)9-3-5-10(14)6-4-9/h8-10,13-14H,3-7H2,1-2H3/t8-,9?,10?/m0/s1. The van der Waals surface area contributed by atoms with Gasteiger partial charge in [-0.25, -0.2) is 0 Å². The molecule has 0 aliphatic heterocycles. The van der Waals surface area contributed by atoms with E-state index in [0.29, 0.717) is 6.54 Å². The van der Waals surface area contributed by atoms with Gasteiger partial charge in [0, 0.05) is 19.5 Å². The third-order valence-corrected chi connectivity index (χ3v) is 2.96. The molecule has 1 rings (SSSR count). The Morgan fingerprint density at radius 3 is 2.40 bits per heavy atom. The maximum absolute atomic E-state index is 11.9. The van der Waals surface area contributed by atoms with Crippen LogP contribution in [0.2, 0.25) is 0 Å². The summed E-state index contributed by atoms with van der Waals surface area (Å²) in [4.78, 5) is 13.5. The lowest BCUT2D eigenvalue weighted by molar-refractivity contribution is -0.137. The van der Waals surface area contributed by atoms with Crippen molar-refractivity contribution in [3.8, 4) is 0 Å². The highest BCUT2D eigenvalue weighted by atomic mass is 16.3. The first-order chi connectivity index (χ1) is 7.00. The van der Waals surface area contributed by atoms with E-state index in [1.807, 2.05) is 0 Å². The number of aliphatic hydroxyl groups excluding tert-OH is 2. The van der Waals surface area contributed by atoms with Crippen molar-refractivity contribution in [2.75, 3.05) is 13.6 Å². The zero-order valence-electron chi connectivity index (χ0n) is 9.52. The van der Waals surface area contributed by atoms with Crippen LogP contribution in [0.5, 0.6) is 0 Å². The molecule has 4 nitrogen and oxygen atoms in total. The van der Waals surface area contributed by atoms with E-state index in [-0.39, 0.29) is 17.9 Å². The van der Waals surface area contributed by atoms with Gasteiger partial charge in [0.05, 0.1) is 12.2 Å². The van der Waals surface area contributed by atoms with Crippen LogP contribution in [0.1, 0.15) is 32.6 Å². The molecule has 0 aromatic heterocycles. The van der Waals surface area contributed by atoms with Gasteiger partial charge in [-0.2, -0.15) is 0 Å². The molecule has 1 saturated carbocycles. The van der Waals surface area contributed by atoms with Gasteiger partial charge >= 0.3 is 0 Å². The predicted molar refractivity (Wildman–Crippen MR) is 57.3 cm³/mol. The van der Waals surface area contributed by atoms with Crippen LogP contribution in [0.3, 0.4) is 0 Å². The highest BCUT2D eigenvalue weighted by Gasteiger charge is 2.27. The van der Waals surface area contributed by atoms with E-state index in [0.717, 1.165) is 25.7 Å². The summed E-state index contributed by atoms with van der Waals surface area (Å²) >= 11 is 0. The summed E-state index contributed by atoms with van der Waals surface area (Å²) in [5.74, 6) is 0.139. The monoisotopic (exact) mass is 215 g/mol. The molecule has 1 aliphatic carbocycles. The molecule has 88 valence electrons. The lowest BCUT2D eigenvalue weighted by Gasteiger charge is -2.29. The fraction of sp³-hybridized carbons (Fsp3) is 0.909. The van der Waals surface area contributed by atoms with E-state index in [1.54, 1.807) is 18.9 Å². The fourth-order valence-corrected chi connectivity index (χ4v) is 2.12. The fourth-order valence-electron chi connectivity index (χ4n) is 2.12. The predicted octanol–water partition coefficient (Wildman–Crippen LogP) is 0.377. The molecule has 0 heterocycles. The minimum absolute atomic E-state index is 0.0390. The van der Waals surface area contributed by atoms with E-state index in [1.165, 1.54) is 0 Å². The summed E-state index contributed by atoms with van der Waals surface area (Å²) in [5.41, 5.74) is 0. The number of amides is 1. The van der Waals surface area contributed by atoms with Crippen LogP contribution in [-0.4, -0.2) is 46.8 Å². The molecule has 0 saturated heterocycles. The Bertz CT molecular complexity index is 210. The highest BCUT2D eigenvalue weighted by molar-refractivity contribution is 5.78. The van der Waals surface area contributed by atoms with E-state index >= 15 is 0 Å². The van der Waals surface area contributed by atoms with Gasteiger partial charge < -0.3 is 15.1 Å². The molecule has 2 N–H and O–H groups in total. The van der Waals surface area contributed by atoms with Gasteiger partial charge in [-0.15, -0.1) is 0 Å². The summed E-state index contributed by atoms with van der Waals surface area (Å²) in [6, 6.07) is 0. The van der Waals surface area contributed by atoms with Crippen molar-refractivity contribution in [2.45, 2.75) is 44.8 Å². The van der Waals surface area contributed by atoms with E-state index in [9.17, 15) is 15.0 Å². The zero-order valence-corrected chi connectivity index (χ0v) is 9.52. The molecule has 0 unspecified atom stereocenters. The van der Waals surface area contributed by atoms with Crippen molar-refractivity contribution in [1.29, 1.82) is 0 Å². The quantitative estimate of drug-likeness (QED) is 0.715. The maximum atomic E-state index is 11.9. The zero-order chi connectivity index (χ0) is 11.4. The molecule has 0 aromatic rings. The molecular weight excluding hydrogens is 194 g/mol. The Labute approximate surface area is 90.9 Å². The number of nitrogens with zero attached hydrogens (tertiary/aromatic N) is 1. The Morgan fingerprint density at radius 1 is 1.40 bits per heavy atom. The van der Waals surface area contributed by atoms with Crippen molar-refractivity contribution >= 4 is 5.91 Å². The molecule has 15 heavy (non-hydrogen) atoms. The summed E-state index contributed by atoms with van der Waals surface area (Å²) < 4.78 is 0. The second-order valence-corrected chi connectivity index (χ2v) is 4.57. The number of rotatable bonds is 3. The molecule has 0 aromatic carbocycles. The molecule has 1 fully saturated rings. The molecule has 1 aliphatic rings. The van der Waals surface area contributed by atoms with Crippen LogP contribution in [0, 0.1) is 5.92 Å². The Morgan fingerprint density at radius 2 is 1.93 bits per heavy atom. The number of carbonyl (C=O) groups is 1. The minimum Gasteiger partial charge on any atom is -0.393 e. The van der Waals surface area contributed by atoms with E-state index in [2.05, 4.69) is 0 Å². The third-order valence-electron chi connectivity index (χ3n) is 2.96. The van der Waals surface area contributed by atoms with Crippen molar-refractivity contribution in [2.24, 2.45) is 5.92 Å². The van der Waals surface area contributed by atoms with Gasteiger partial charge in [0.1, 0.15) is 0 Å². The number of hydrogen-bond donors (Lipinski definition) is 2.